The highest BCUT2D eigenvalue weighted by atomic mass is 15.4. The topological polar surface area (TPSA) is 19.5 Å². The molecule has 17 heavy (non-hydrogen) atoms. The van der Waals surface area contributed by atoms with Crippen LogP contribution in [0.25, 0.3) is 0 Å². The second-order valence-electron chi connectivity index (χ2n) is 4.17. The summed E-state index contributed by atoms with van der Waals surface area (Å²) >= 11 is 0. The number of pyridine rings is 1. The van der Waals surface area contributed by atoms with Gasteiger partial charge in [-0.3, -0.25) is 5.01 Å². The molecule has 0 saturated heterocycles. The van der Waals surface area contributed by atoms with Crippen LogP contribution >= 0.6 is 0 Å². The first kappa shape index (κ1) is 11.6. The van der Waals surface area contributed by atoms with E-state index in [0.29, 0.717) is 0 Å². The lowest BCUT2D eigenvalue weighted by Crippen LogP contribution is -2.25. The number of likely N-dealkylation sites (N-methyl/N-ethyl adjacent to an activating group) is 1. The summed E-state index contributed by atoms with van der Waals surface area (Å²) in [6.07, 6.45) is 14.7. The van der Waals surface area contributed by atoms with E-state index in [1.54, 1.807) is 0 Å². The minimum atomic E-state index is 1.10. The largest absolute Gasteiger partial charge is 0.269 e. The fourth-order valence-corrected chi connectivity index (χ4v) is 1.66. The third kappa shape index (κ3) is 3.28. The molecule has 0 aliphatic heterocycles. The first-order chi connectivity index (χ1) is 8.25. The molecule has 0 N–H and O–H groups in total. The van der Waals surface area contributed by atoms with Crippen LogP contribution < -0.4 is 4.57 Å². The van der Waals surface area contributed by atoms with Gasteiger partial charge < -0.3 is 0 Å². The Morgan fingerprint density at radius 2 is 2.06 bits per heavy atom. The second-order valence-corrected chi connectivity index (χ2v) is 4.17. The molecule has 0 atom stereocenters. The summed E-state index contributed by atoms with van der Waals surface area (Å²) in [7, 11) is 3.98. The summed E-state index contributed by atoms with van der Waals surface area (Å²) in [6.45, 7) is 0. The van der Waals surface area contributed by atoms with Crippen molar-refractivity contribution in [2.45, 2.75) is 12.8 Å². The maximum atomic E-state index is 4.43. The zero-order valence-corrected chi connectivity index (χ0v) is 10.4. The van der Waals surface area contributed by atoms with Crippen LogP contribution in [0.2, 0.25) is 0 Å². The van der Waals surface area contributed by atoms with E-state index in [1.165, 1.54) is 0 Å². The maximum absolute atomic E-state index is 4.43. The summed E-state index contributed by atoms with van der Waals surface area (Å²) in [5, 5.41) is 6.33. The number of rotatable bonds is 3. The van der Waals surface area contributed by atoms with Crippen molar-refractivity contribution in [2.75, 3.05) is 7.05 Å². The summed E-state index contributed by atoms with van der Waals surface area (Å²) in [4.78, 5) is 0. The maximum Gasteiger partial charge on any atom is 0.169 e. The fourth-order valence-electron chi connectivity index (χ4n) is 1.66. The van der Waals surface area contributed by atoms with Crippen molar-refractivity contribution in [3.63, 3.8) is 0 Å². The molecule has 0 unspecified atom stereocenters. The Morgan fingerprint density at radius 1 is 1.29 bits per heavy atom. The molecular formula is C14H18N3+. The predicted molar refractivity (Wildman–Crippen MR) is 69.4 cm³/mol. The molecule has 2 rings (SSSR count). The Hall–Kier alpha value is -1.90. The van der Waals surface area contributed by atoms with Crippen molar-refractivity contribution in [2.24, 2.45) is 12.1 Å². The van der Waals surface area contributed by atoms with Gasteiger partial charge >= 0.3 is 0 Å². The SMILES string of the molecule is CN(N=Cc1cc[n+](C)cc1)C1=CCCC=C1. The molecule has 0 bridgehead atoms. The summed E-state index contributed by atoms with van der Waals surface area (Å²) in [5.74, 6) is 0. The number of hydrogen-bond donors (Lipinski definition) is 0. The van der Waals surface area contributed by atoms with E-state index >= 15 is 0 Å². The number of allylic oxidation sites excluding steroid dienone is 3. The van der Waals surface area contributed by atoms with Crippen LogP contribution in [0, 0.1) is 0 Å². The Balaban J connectivity index is 2.02. The molecule has 3 nitrogen and oxygen atoms in total. The average Bonchev–Trinajstić information content (AvgIpc) is 2.39. The van der Waals surface area contributed by atoms with Crippen LogP contribution in [0.4, 0.5) is 0 Å². The molecule has 0 radical (unpaired) electrons. The molecule has 0 aromatic carbocycles. The smallest absolute Gasteiger partial charge is 0.169 e. The van der Waals surface area contributed by atoms with E-state index in [-0.39, 0.29) is 0 Å². The first-order valence-corrected chi connectivity index (χ1v) is 5.85. The van der Waals surface area contributed by atoms with Crippen molar-refractivity contribution in [3.05, 3.63) is 54.0 Å². The number of hydrogen-bond acceptors (Lipinski definition) is 2. The van der Waals surface area contributed by atoms with Gasteiger partial charge in [-0.05, 0) is 18.9 Å². The van der Waals surface area contributed by atoms with Crippen molar-refractivity contribution in [1.82, 2.24) is 5.01 Å². The number of hydrazone groups is 1. The van der Waals surface area contributed by atoms with Gasteiger partial charge in [-0.2, -0.15) is 5.10 Å². The molecule has 88 valence electrons. The Labute approximate surface area is 102 Å². The first-order valence-electron chi connectivity index (χ1n) is 5.85. The fraction of sp³-hybridized carbons (Fsp3) is 0.286. The normalized spacial score (nSPS) is 15.1. The summed E-state index contributed by atoms with van der Waals surface area (Å²) in [5.41, 5.74) is 2.27. The van der Waals surface area contributed by atoms with Crippen molar-refractivity contribution in [1.29, 1.82) is 0 Å². The monoisotopic (exact) mass is 228 g/mol. The average molecular weight is 228 g/mol. The van der Waals surface area contributed by atoms with Crippen molar-refractivity contribution < 1.29 is 4.57 Å². The minimum Gasteiger partial charge on any atom is -0.269 e. The number of aromatic nitrogens is 1. The Kier molecular flexibility index (Phi) is 3.70. The summed E-state index contributed by atoms with van der Waals surface area (Å²) < 4.78 is 2.01. The Bertz CT molecular complexity index is 455. The van der Waals surface area contributed by atoms with Gasteiger partial charge in [0.2, 0.25) is 0 Å². The highest BCUT2D eigenvalue weighted by molar-refractivity contribution is 5.78. The van der Waals surface area contributed by atoms with Gasteiger partial charge in [0.05, 0.1) is 11.9 Å². The van der Waals surface area contributed by atoms with Crippen LogP contribution in [0.15, 0.2) is 53.6 Å². The highest BCUT2D eigenvalue weighted by Crippen LogP contribution is 2.12. The zero-order valence-electron chi connectivity index (χ0n) is 10.4. The van der Waals surface area contributed by atoms with E-state index in [1.807, 2.05) is 54.4 Å². The lowest BCUT2D eigenvalue weighted by atomic mass is 10.1. The van der Waals surface area contributed by atoms with Gasteiger partial charge in [0, 0.05) is 24.7 Å². The van der Waals surface area contributed by atoms with E-state index in [9.17, 15) is 0 Å². The lowest BCUT2D eigenvalue weighted by Gasteiger charge is -2.16. The molecule has 1 heterocycles. The van der Waals surface area contributed by atoms with Crippen molar-refractivity contribution in [3.8, 4) is 0 Å². The molecule has 1 aromatic heterocycles. The summed E-state index contributed by atoms with van der Waals surface area (Å²) in [6, 6.07) is 4.09. The van der Waals surface area contributed by atoms with E-state index in [2.05, 4.69) is 23.3 Å². The van der Waals surface area contributed by atoms with Crippen LogP contribution in [-0.4, -0.2) is 18.3 Å². The molecule has 0 saturated carbocycles. The van der Waals surface area contributed by atoms with Crippen LogP contribution in [0.1, 0.15) is 18.4 Å². The van der Waals surface area contributed by atoms with E-state index in [4.69, 9.17) is 0 Å². The standard InChI is InChI=1S/C14H18N3/c1-16-10-8-13(9-11-16)12-15-17(2)14-6-4-3-5-7-14/h4,6-12H,3,5H2,1-2H3/q+1. The molecule has 1 aromatic rings. The number of aryl methyl sites for hydroxylation is 1. The molecule has 3 heteroatoms. The van der Waals surface area contributed by atoms with Gasteiger partial charge in [-0.25, -0.2) is 4.57 Å². The molecular weight excluding hydrogens is 210 g/mol. The molecule has 0 spiro atoms. The number of nitrogens with zero attached hydrogens (tertiary/aromatic N) is 3. The van der Waals surface area contributed by atoms with Crippen LogP contribution in [0.3, 0.4) is 0 Å². The van der Waals surface area contributed by atoms with E-state index < -0.39 is 0 Å². The Morgan fingerprint density at radius 3 is 2.71 bits per heavy atom. The molecule has 0 fully saturated rings. The third-order valence-corrected chi connectivity index (χ3v) is 2.73. The van der Waals surface area contributed by atoms with Crippen molar-refractivity contribution >= 4 is 6.21 Å². The van der Waals surface area contributed by atoms with Gasteiger partial charge in [0.25, 0.3) is 0 Å². The van der Waals surface area contributed by atoms with Crippen LogP contribution in [-0.2, 0) is 7.05 Å². The third-order valence-electron chi connectivity index (χ3n) is 2.73. The molecule has 0 amide bonds. The van der Waals surface area contributed by atoms with E-state index in [0.717, 1.165) is 24.1 Å². The second kappa shape index (κ2) is 5.43. The minimum absolute atomic E-state index is 1.10. The highest BCUT2D eigenvalue weighted by Gasteiger charge is 2.01. The lowest BCUT2D eigenvalue weighted by molar-refractivity contribution is -0.671. The van der Waals surface area contributed by atoms with Gasteiger partial charge in [-0.15, -0.1) is 0 Å². The molecule has 1 aliphatic rings. The quantitative estimate of drug-likeness (QED) is 0.440. The van der Waals surface area contributed by atoms with Gasteiger partial charge in [0.1, 0.15) is 7.05 Å². The molecule has 1 aliphatic carbocycles. The van der Waals surface area contributed by atoms with Gasteiger partial charge in [0.15, 0.2) is 12.4 Å². The van der Waals surface area contributed by atoms with Crippen LogP contribution in [0.5, 0.6) is 0 Å². The van der Waals surface area contributed by atoms with Gasteiger partial charge in [-0.1, -0.05) is 12.2 Å². The zero-order chi connectivity index (χ0) is 12.1. The predicted octanol–water partition coefficient (Wildman–Crippen LogP) is 2.01.